The first-order valence-electron chi connectivity index (χ1n) is 11.1. The van der Waals surface area contributed by atoms with Crippen molar-refractivity contribution in [2.24, 2.45) is 0 Å². The van der Waals surface area contributed by atoms with Gasteiger partial charge in [0.2, 0.25) is 0 Å². The van der Waals surface area contributed by atoms with Crippen LogP contribution in [0, 0.1) is 0 Å². The predicted molar refractivity (Wildman–Crippen MR) is 128 cm³/mol. The van der Waals surface area contributed by atoms with Gasteiger partial charge in [-0.15, -0.1) is 0 Å². The standard InChI is InChI=1S/C24H28N6O4/c1-24(2,3)20-12-21(30-34-20)29-23(32)28-16-6-4-15(5-7-16)27-22(31)19-9-8-17(14-26-19)33-18-10-11-25-13-18/h4-9,12,14,18,25H,10-11,13H2,1-3H3,(H,27,31)(H2,28,29,30,32)/t18-/m1/s1. The molecule has 1 saturated heterocycles. The first kappa shape index (κ1) is 23.2. The van der Waals surface area contributed by atoms with E-state index in [9.17, 15) is 9.59 Å². The Bertz CT molecular complexity index is 1130. The van der Waals surface area contributed by atoms with E-state index in [-0.39, 0.29) is 23.1 Å². The molecule has 0 radical (unpaired) electrons. The van der Waals surface area contributed by atoms with E-state index in [4.69, 9.17) is 9.26 Å². The lowest BCUT2D eigenvalue weighted by Gasteiger charge is -2.12. The second kappa shape index (κ2) is 9.92. The number of hydrogen-bond acceptors (Lipinski definition) is 7. The highest BCUT2D eigenvalue weighted by molar-refractivity contribution is 6.03. The van der Waals surface area contributed by atoms with E-state index in [1.165, 1.54) is 0 Å². The van der Waals surface area contributed by atoms with E-state index in [1.54, 1.807) is 48.7 Å². The maximum atomic E-state index is 12.5. The molecule has 1 aliphatic heterocycles. The topological polar surface area (TPSA) is 130 Å². The first-order chi connectivity index (χ1) is 16.3. The molecule has 3 heterocycles. The zero-order chi connectivity index (χ0) is 24.1. The van der Waals surface area contributed by atoms with Crippen LogP contribution in [0.1, 0.15) is 43.4 Å². The van der Waals surface area contributed by atoms with E-state index in [1.807, 2.05) is 20.8 Å². The van der Waals surface area contributed by atoms with E-state index >= 15 is 0 Å². The number of benzene rings is 1. The molecule has 10 nitrogen and oxygen atoms in total. The van der Waals surface area contributed by atoms with Gasteiger partial charge in [-0.2, -0.15) is 0 Å². The fourth-order valence-electron chi connectivity index (χ4n) is 3.30. The summed E-state index contributed by atoms with van der Waals surface area (Å²) in [5.41, 5.74) is 1.19. The number of aromatic nitrogens is 2. The predicted octanol–water partition coefficient (Wildman–Crippen LogP) is 4.00. The third-order valence-electron chi connectivity index (χ3n) is 5.18. The fraction of sp³-hybridized carbons (Fsp3) is 0.333. The molecule has 10 heteroatoms. The van der Waals surface area contributed by atoms with Crippen LogP contribution in [0.2, 0.25) is 0 Å². The van der Waals surface area contributed by atoms with Gasteiger partial charge >= 0.3 is 6.03 Å². The van der Waals surface area contributed by atoms with Crippen molar-refractivity contribution in [3.63, 3.8) is 0 Å². The van der Waals surface area contributed by atoms with Crippen molar-refractivity contribution in [3.05, 3.63) is 60.1 Å². The van der Waals surface area contributed by atoms with Gasteiger partial charge in [-0.1, -0.05) is 25.9 Å². The number of carbonyl (C=O) groups is 2. The third kappa shape index (κ3) is 6.10. The summed E-state index contributed by atoms with van der Waals surface area (Å²) >= 11 is 0. The molecule has 0 spiro atoms. The summed E-state index contributed by atoms with van der Waals surface area (Å²) in [6.07, 6.45) is 2.64. The summed E-state index contributed by atoms with van der Waals surface area (Å²) < 4.78 is 11.1. The van der Waals surface area contributed by atoms with Gasteiger partial charge < -0.3 is 25.2 Å². The van der Waals surface area contributed by atoms with E-state index < -0.39 is 6.03 Å². The van der Waals surface area contributed by atoms with Gasteiger partial charge in [-0.25, -0.2) is 9.78 Å². The molecule has 2 aromatic heterocycles. The zero-order valence-corrected chi connectivity index (χ0v) is 19.3. The second-order valence-electron chi connectivity index (χ2n) is 9.05. The zero-order valence-electron chi connectivity index (χ0n) is 19.3. The lowest BCUT2D eigenvalue weighted by atomic mass is 9.93. The van der Waals surface area contributed by atoms with Crippen LogP contribution in [-0.4, -0.2) is 41.3 Å². The van der Waals surface area contributed by atoms with Crippen LogP contribution in [0.4, 0.5) is 22.0 Å². The van der Waals surface area contributed by atoms with Gasteiger partial charge in [0.15, 0.2) is 5.82 Å². The molecule has 1 aliphatic rings. The fourth-order valence-corrected chi connectivity index (χ4v) is 3.30. The Morgan fingerprint density at radius 3 is 2.38 bits per heavy atom. The number of carbonyl (C=O) groups excluding carboxylic acids is 2. The molecule has 178 valence electrons. The van der Waals surface area contributed by atoms with E-state index in [0.29, 0.717) is 28.7 Å². The number of rotatable bonds is 6. The Morgan fingerprint density at radius 2 is 1.79 bits per heavy atom. The summed E-state index contributed by atoms with van der Waals surface area (Å²) in [5.74, 6) is 1.30. The monoisotopic (exact) mass is 464 g/mol. The highest BCUT2D eigenvalue weighted by atomic mass is 16.5. The maximum Gasteiger partial charge on any atom is 0.324 e. The van der Waals surface area contributed by atoms with Gasteiger partial charge in [0.25, 0.3) is 5.91 Å². The van der Waals surface area contributed by atoms with E-state index in [2.05, 4.69) is 31.4 Å². The van der Waals surface area contributed by atoms with Gasteiger partial charge in [-0.3, -0.25) is 10.1 Å². The van der Waals surface area contributed by atoms with Crippen LogP contribution in [0.25, 0.3) is 0 Å². The normalized spacial score (nSPS) is 15.6. The quantitative estimate of drug-likeness (QED) is 0.434. The number of anilines is 3. The van der Waals surface area contributed by atoms with Gasteiger partial charge in [-0.05, 0) is 49.4 Å². The van der Waals surface area contributed by atoms with E-state index in [0.717, 1.165) is 19.5 Å². The van der Waals surface area contributed by atoms with Crippen molar-refractivity contribution >= 4 is 29.1 Å². The highest BCUT2D eigenvalue weighted by Gasteiger charge is 2.20. The average Bonchev–Trinajstić information content (AvgIpc) is 3.48. The minimum atomic E-state index is -0.453. The second-order valence-corrected chi connectivity index (χ2v) is 9.05. The number of amides is 3. The molecule has 0 bridgehead atoms. The van der Waals surface area contributed by atoms with Crippen molar-refractivity contribution < 1.29 is 18.8 Å². The average molecular weight is 465 g/mol. The molecular weight excluding hydrogens is 436 g/mol. The molecular formula is C24H28N6O4. The number of urea groups is 1. The molecule has 1 fully saturated rings. The van der Waals surface area contributed by atoms with Crippen molar-refractivity contribution in [3.8, 4) is 5.75 Å². The van der Waals surface area contributed by atoms with Crippen LogP contribution in [0.5, 0.6) is 5.75 Å². The number of nitrogens with zero attached hydrogens (tertiary/aromatic N) is 2. The van der Waals surface area contributed by atoms with Crippen LogP contribution in [0.3, 0.4) is 0 Å². The highest BCUT2D eigenvalue weighted by Crippen LogP contribution is 2.24. The lowest BCUT2D eigenvalue weighted by Crippen LogP contribution is -2.20. The number of hydrogen-bond donors (Lipinski definition) is 4. The third-order valence-corrected chi connectivity index (χ3v) is 5.18. The molecule has 1 aromatic carbocycles. The number of ether oxygens (including phenoxy) is 1. The first-order valence-corrected chi connectivity index (χ1v) is 11.1. The van der Waals surface area contributed by atoms with Crippen LogP contribution in [0.15, 0.2) is 53.2 Å². The molecule has 0 saturated carbocycles. The molecule has 34 heavy (non-hydrogen) atoms. The SMILES string of the molecule is CC(C)(C)c1cc(NC(=O)Nc2ccc(NC(=O)c3ccc(O[C@@H]4CCNC4)cn3)cc2)no1. The van der Waals surface area contributed by atoms with Crippen LogP contribution in [-0.2, 0) is 5.41 Å². The minimum absolute atomic E-state index is 0.132. The molecule has 4 N–H and O–H groups in total. The van der Waals surface area contributed by atoms with Crippen LogP contribution < -0.4 is 26.0 Å². The Kier molecular flexibility index (Phi) is 6.78. The maximum absolute atomic E-state index is 12.5. The Balaban J connectivity index is 1.27. The molecule has 3 aromatic rings. The van der Waals surface area contributed by atoms with Gasteiger partial charge in [0.05, 0.1) is 6.20 Å². The summed E-state index contributed by atoms with van der Waals surface area (Å²) in [5, 5.41) is 15.2. The Labute approximate surface area is 197 Å². The minimum Gasteiger partial charge on any atom is -0.487 e. The smallest absolute Gasteiger partial charge is 0.324 e. The molecule has 0 aliphatic carbocycles. The lowest BCUT2D eigenvalue weighted by molar-refractivity contribution is 0.102. The summed E-state index contributed by atoms with van der Waals surface area (Å²) in [7, 11) is 0. The molecule has 1 atom stereocenters. The van der Waals surface area contributed by atoms with Crippen molar-refractivity contribution in [1.29, 1.82) is 0 Å². The molecule has 4 rings (SSSR count). The summed E-state index contributed by atoms with van der Waals surface area (Å²) in [6, 6.07) is 11.3. The molecule has 3 amide bonds. The van der Waals surface area contributed by atoms with Gasteiger partial charge in [0, 0.05) is 29.4 Å². The van der Waals surface area contributed by atoms with Gasteiger partial charge in [0.1, 0.15) is 23.3 Å². The van der Waals surface area contributed by atoms with Crippen molar-refractivity contribution in [2.75, 3.05) is 29.0 Å². The van der Waals surface area contributed by atoms with Crippen LogP contribution >= 0.6 is 0 Å². The number of pyridine rings is 1. The van der Waals surface area contributed by atoms with Crippen molar-refractivity contribution in [2.45, 2.75) is 38.7 Å². The summed E-state index contributed by atoms with van der Waals surface area (Å²) in [4.78, 5) is 28.9. The molecule has 0 unspecified atom stereocenters. The van der Waals surface area contributed by atoms with Crippen molar-refractivity contribution in [1.82, 2.24) is 15.5 Å². The number of nitrogens with one attached hydrogen (secondary N) is 4. The summed E-state index contributed by atoms with van der Waals surface area (Å²) in [6.45, 7) is 7.73. The largest absolute Gasteiger partial charge is 0.487 e. The Hall–Kier alpha value is -3.92. The Morgan fingerprint density at radius 1 is 1.06 bits per heavy atom.